The number of likely N-dealkylation sites (tertiary alicyclic amines) is 1. The van der Waals surface area contributed by atoms with E-state index in [-0.39, 0.29) is 11.9 Å². The van der Waals surface area contributed by atoms with Gasteiger partial charge >= 0.3 is 11.9 Å². The van der Waals surface area contributed by atoms with Gasteiger partial charge in [0.1, 0.15) is 17.8 Å². The van der Waals surface area contributed by atoms with Gasteiger partial charge in [0.05, 0.1) is 13.7 Å². The maximum absolute atomic E-state index is 12.3. The Bertz CT molecular complexity index is 816. The van der Waals surface area contributed by atoms with Crippen molar-refractivity contribution in [3.63, 3.8) is 0 Å². The molecule has 2 atom stereocenters. The highest BCUT2D eigenvalue weighted by molar-refractivity contribution is 5.83. The molecule has 1 aromatic carbocycles. The Morgan fingerprint density at radius 1 is 1.31 bits per heavy atom. The monoisotopic (exact) mass is 359 g/mol. The minimum Gasteiger partial charge on any atom is -0.497 e. The summed E-state index contributed by atoms with van der Waals surface area (Å²) >= 11 is 0. The molecule has 3 rings (SSSR count). The first-order valence-electron chi connectivity index (χ1n) is 8.97. The highest BCUT2D eigenvalue weighted by Crippen LogP contribution is 2.23. The lowest BCUT2D eigenvalue weighted by Crippen LogP contribution is -2.50. The second-order valence-electron chi connectivity index (χ2n) is 6.65. The Labute approximate surface area is 153 Å². The minimum atomic E-state index is -0.446. The Morgan fingerprint density at radius 2 is 2.12 bits per heavy atom. The highest BCUT2D eigenvalue weighted by atomic mass is 16.6. The molecule has 0 saturated carbocycles. The standard InChI is InChI=1S/C20H25NO5/c1-4-25-20(23)18-12-21(8-7-19(18)26-13(2)22)11-15-9-14-5-6-16(24-3)10-17(14)15/h5-6,9-10,18-19H,4,7-8,11-12H2,1-3H3/t18-,19+/m0/s1. The third-order valence-corrected chi connectivity index (χ3v) is 4.87. The highest BCUT2D eigenvalue weighted by Gasteiger charge is 2.37. The van der Waals surface area contributed by atoms with Crippen LogP contribution in [0, 0.1) is 5.92 Å². The van der Waals surface area contributed by atoms with Crippen LogP contribution in [0.25, 0.3) is 11.6 Å². The quantitative estimate of drug-likeness (QED) is 0.688. The molecule has 1 saturated heterocycles. The molecule has 2 aliphatic rings. The van der Waals surface area contributed by atoms with Crippen LogP contribution in [0.3, 0.4) is 0 Å². The second kappa shape index (κ2) is 7.91. The van der Waals surface area contributed by atoms with Crippen molar-refractivity contribution in [3.05, 3.63) is 28.6 Å². The summed E-state index contributed by atoms with van der Waals surface area (Å²) in [6.07, 6.45) is 2.37. The van der Waals surface area contributed by atoms with Gasteiger partial charge in [-0.1, -0.05) is 6.07 Å². The summed E-state index contributed by atoms with van der Waals surface area (Å²) in [5.74, 6) is -0.265. The van der Waals surface area contributed by atoms with Crippen LogP contribution in [0.15, 0.2) is 18.2 Å². The van der Waals surface area contributed by atoms with E-state index in [9.17, 15) is 9.59 Å². The van der Waals surface area contributed by atoms with Gasteiger partial charge in [-0.25, -0.2) is 0 Å². The first-order valence-corrected chi connectivity index (χ1v) is 8.97. The molecule has 6 nitrogen and oxygen atoms in total. The van der Waals surface area contributed by atoms with Crippen molar-refractivity contribution in [1.82, 2.24) is 4.90 Å². The van der Waals surface area contributed by atoms with Crippen molar-refractivity contribution in [2.45, 2.75) is 26.4 Å². The molecule has 0 unspecified atom stereocenters. The van der Waals surface area contributed by atoms with Crippen molar-refractivity contribution in [2.24, 2.45) is 5.92 Å². The smallest absolute Gasteiger partial charge is 0.314 e. The Morgan fingerprint density at radius 3 is 2.81 bits per heavy atom. The van der Waals surface area contributed by atoms with Crippen LogP contribution < -0.4 is 15.2 Å². The van der Waals surface area contributed by atoms with E-state index in [1.54, 1.807) is 14.0 Å². The van der Waals surface area contributed by atoms with Crippen LogP contribution in [-0.2, 0) is 19.1 Å². The predicted octanol–water partition coefficient (Wildman–Crippen LogP) is 0.457. The van der Waals surface area contributed by atoms with Gasteiger partial charge in [0.2, 0.25) is 0 Å². The van der Waals surface area contributed by atoms with Gasteiger partial charge in [0.15, 0.2) is 0 Å². The Kier molecular flexibility index (Phi) is 5.61. The van der Waals surface area contributed by atoms with E-state index in [0.717, 1.165) is 18.8 Å². The average molecular weight is 359 g/mol. The van der Waals surface area contributed by atoms with Crippen molar-refractivity contribution in [1.29, 1.82) is 0 Å². The van der Waals surface area contributed by atoms with Crippen molar-refractivity contribution >= 4 is 23.6 Å². The lowest BCUT2D eigenvalue weighted by Gasteiger charge is -2.37. The average Bonchev–Trinajstić information content (AvgIpc) is 2.60. The minimum absolute atomic E-state index is 0.298. The molecule has 6 heteroatoms. The maximum Gasteiger partial charge on any atom is 0.314 e. The van der Waals surface area contributed by atoms with Gasteiger partial charge in [-0.3, -0.25) is 14.5 Å². The molecule has 1 heterocycles. The normalized spacial score (nSPS) is 21.9. The molecule has 0 aromatic heterocycles. The third-order valence-electron chi connectivity index (χ3n) is 4.87. The van der Waals surface area contributed by atoms with E-state index in [4.69, 9.17) is 14.2 Å². The number of fused-ring (bicyclic) bond motifs is 1. The molecular formula is C20H25NO5. The molecule has 26 heavy (non-hydrogen) atoms. The zero-order chi connectivity index (χ0) is 18.7. The molecule has 1 fully saturated rings. The number of carbonyl (C=O) groups is 2. The lowest BCUT2D eigenvalue weighted by molar-refractivity contribution is -0.164. The van der Waals surface area contributed by atoms with Crippen LogP contribution in [0.5, 0.6) is 5.75 Å². The number of methoxy groups -OCH3 is 1. The van der Waals surface area contributed by atoms with Gasteiger partial charge in [0, 0.05) is 26.6 Å². The zero-order valence-electron chi connectivity index (χ0n) is 15.5. The van der Waals surface area contributed by atoms with Gasteiger partial charge in [-0.2, -0.15) is 0 Å². The van der Waals surface area contributed by atoms with E-state index < -0.39 is 12.0 Å². The van der Waals surface area contributed by atoms with Gasteiger partial charge in [0.25, 0.3) is 0 Å². The summed E-state index contributed by atoms with van der Waals surface area (Å²) in [7, 11) is 1.66. The van der Waals surface area contributed by atoms with Gasteiger partial charge in [-0.05, 0) is 47.6 Å². The van der Waals surface area contributed by atoms with Crippen LogP contribution in [0.4, 0.5) is 0 Å². The fourth-order valence-corrected chi connectivity index (χ4v) is 3.60. The largest absolute Gasteiger partial charge is 0.497 e. The van der Waals surface area contributed by atoms with E-state index in [1.807, 2.05) is 18.2 Å². The molecule has 140 valence electrons. The van der Waals surface area contributed by atoms with E-state index >= 15 is 0 Å². The summed E-state index contributed by atoms with van der Waals surface area (Å²) in [5.41, 5.74) is 1.23. The maximum atomic E-state index is 12.3. The molecule has 1 aromatic rings. The van der Waals surface area contributed by atoms with Gasteiger partial charge in [-0.15, -0.1) is 0 Å². The van der Waals surface area contributed by atoms with Crippen molar-refractivity contribution in [3.8, 4) is 5.75 Å². The first-order chi connectivity index (χ1) is 12.5. The number of ether oxygens (including phenoxy) is 3. The summed E-state index contributed by atoms with van der Waals surface area (Å²) in [6, 6.07) is 6.04. The number of benzene rings is 1. The predicted molar refractivity (Wildman–Crippen MR) is 96.9 cm³/mol. The molecule has 0 radical (unpaired) electrons. The Hall–Kier alpha value is -2.34. The summed E-state index contributed by atoms with van der Waals surface area (Å²) in [5, 5.41) is 2.40. The van der Waals surface area contributed by atoms with Crippen molar-refractivity contribution in [2.75, 3.05) is 33.4 Å². The number of hydrogen-bond donors (Lipinski definition) is 0. The zero-order valence-corrected chi connectivity index (χ0v) is 15.5. The lowest BCUT2D eigenvalue weighted by atomic mass is 9.92. The SMILES string of the molecule is CCOC(=O)[C@H]1CN(CC2=c3cc(OC)ccc3=C2)CC[C@H]1OC(C)=O. The number of rotatable bonds is 6. The summed E-state index contributed by atoms with van der Waals surface area (Å²) in [6.45, 7) is 5.52. The summed E-state index contributed by atoms with van der Waals surface area (Å²) < 4.78 is 15.8. The Balaban J connectivity index is 1.72. The molecule has 0 bridgehead atoms. The van der Waals surface area contributed by atoms with Crippen LogP contribution in [0.1, 0.15) is 20.3 Å². The van der Waals surface area contributed by atoms with Gasteiger partial charge < -0.3 is 14.2 Å². The molecule has 0 N–H and O–H groups in total. The fraction of sp³-hybridized carbons (Fsp3) is 0.500. The third kappa shape index (κ3) is 3.90. The number of hydrogen-bond acceptors (Lipinski definition) is 6. The second-order valence-corrected chi connectivity index (χ2v) is 6.65. The number of nitrogens with zero attached hydrogens (tertiary/aromatic N) is 1. The molecule has 1 aliphatic carbocycles. The van der Waals surface area contributed by atoms with Crippen LogP contribution >= 0.6 is 0 Å². The van der Waals surface area contributed by atoms with Crippen molar-refractivity contribution < 1.29 is 23.8 Å². The molecular weight excluding hydrogens is 334 g/mol. The van der Waals surface area contributed by atoms with Crippen LogP contribution in [0.2, 0.25) is 0 Å². The fourth-order valence-electron chi connectivity index (χ4n) is 3.60. The first kappa shape index (κ1) is 18.5. The molecule has 1 aliphatic heterocycles. The van der Waals surface area contributed by atoms with Crippen LogP contribution in [-0.4, -0.2) is 56.3 Å². The number of esters is 2. The van der Waals surface area contributed by atoms with E-state index in [2.05, 4.69) is 11.0 Å². The van der Waals surface area contributed by atoms with E-state index in [1.165, 1.54) is 22.9 Å². The van der Waals surface area contributed by atoms with E-state index in [0.29, 0.717) is 19.6 Å². The topological polar surface area (TPSA) is 65.1 Å². The molecule has 0 amide bonds. The molecule has 0 spiro atoms. The number of carbonyl (C=O) groups excluding carboxylic acids is 2. The summed E-state index contributed by atoms with van der Waals surface area (Å²) in [4.78, 5) is 25.9. The number of piperidine rings is 1.